The second kappa shape index (κ2) is 11.8. The predicted molar refractivity (Wildman–Crippen MR) is 170 cm³/mol. The van der Waals surface area contributed by atoms with Crippen LogP contribution in [0.4, 0.5) is 0 Å². The van der Waals surface area contributed by atoms with E-state index in [1.165, 1.54) is 24.3 Å². The Kier molecular flexibility index (Phi) is 9.48. The molecule has 4 saturated carbocycles. The Morgan fingerprint density at radius 2 is 0.889 bits per heavy atom. The van der Waals surface area contributed by atoms with Crippen LogP contribution in [0.2, 0.25) is 0 Å². The van der Waals surface area contributed by atoms with E-state index in [0.717, 1.165) is 48.0 Å². The van der Waals surface area contributed by atoms with Crippen molar-refractivity contribution in [3.05, 3.63) is 70.8 Å². The fourth-order valence-corrected chi connectivity index (χ4v) is 8.95. The van der Waals surface area contributed by atoms with E-state index in [2.05, 4.69) is 27.7 Å². The third-order valence-electron chi connectivity index (χ3n) is 11.7. The zero-order valence-corrected chi connectivity index (χ0v) is 30.4. The van der Waals surface area contributed by atoms with Gasteiger partial charge in [-0.1, -0.05) is 65.8 Å². The van der Waals surface area contributed by atoms with Crippen molar-refractivity contribution in [1.29, 1.82) is 0 Å². The first kappa shape index (κ1) is 36.2. The van der Waals surface area contributed by atoms with E-state index in [9.17, 15) is 35.5 Å². The van der Waals surface area contributed by atoms with Crippen molar-refractivity contribution < 1.29 is 35.5 Å². The molecule has 0 heterocycles. The normalized spacial score (nSPS) is 31.2. The van der Waals surface area contributed by atoms with Crippen molar-refractivity contribution in [2.45, 2.75) is 77.0 Å². The van der Waals surface area contributed by atoms with E-state index < -0.39 is 20.2 Å². The summed E-state index contributed by atoms with van der Waals surface area (Å²) in [5, 5.41) is 0. The Hall–Kier alpha value is -1.66. The van der Waals surface area contributed by atoms with Gasteiger partial charge in [-0.3, -0.25) is 9.59 Å². The van der Waals surface area contributed by atoms with Gasteiger partial charge in [-0.15, -0.1) is 0 Å². The summed E-state index contributed by atoms with van der Waals surface area (Å²) < 4.78 is 65.7. The molecule has 2 aromatic carbocycles. The molecular weight excluding hydrogens is 641 g/mol. The molecule has 6 rings (SSSR count). The van der Waals surface area contributed by atoms with Gasteiger partial charge in [0.25, 0.3) is 0 Å². The fraction of sp³-hybridized carbons (Fsp3) is 0.471. The molecule has 11 heteroatoms. The third kappa shape index (κ3) is 5.87. The molecular formula is C34H38CaO8S2. The molecule has 0 spiro atoms. The Bertz CT molecular complexity index is 1690. The van der Waals surface area contributed by atoms with Crippen LogP contribution >= 0.6 is 0 Å². The van der Waals surface area contributed by atoms with Crippen molar-refractivity contribution in [1.82, 2.24) is 0 Å². The summed E-state index contributed by atoms with van der Waals surface area (Å²) >= 11 is 0. The molecule has 4 aliphatic rings. The Morgan fingerprint density at radius 3 is 1.11 bits per heavy atom. The Labute approximate surface area is 296 Å². The van der Waals surface area contributed by atoms with Crippen LogP contribution in [0.15, 0.2) is 69.5 Å². The molecule has 8 nitrogen and oxygen atoms in total. The minimum absolute atomic E-state index is 0. The molecule has 4 atom stereocenters. The molecule has 4 unspecified atom stereocenters. The maximum Gasteiger partial charge on any atom is 2.00 e. The van der Waals surface area contributed by atoms with Gasteiger partial charge in [0.1, 0.15) is 20.2 Å². The van der Waals surface area contributed by atoms with Gasteiger partial charge in [-0.25, -0.2) is 16.8 Å². The first-order chi connectivity index (χ1) is 20.1. The maximum atomic E-state index is 12.7. The second-order valence-corrected chi connectivity index (χ2v) is 17.0. The quantitative estimate of drug-likeness (QED) is 0.230. The minimum atomic E-state index is -4.43. The largest absolute Gasteiger partial charge is 2.00 e. The molecule has 0 amide bonds. The predicted octanol–water partition coefficient (Wildman–Crippen LogP) is 5.62. The zero-order valence-electron chi connectivity index (χ0n) is 26.5. The number of Topliss-reactive ketones (excluding diaryl/α,β-unsaturated/α-hetero) is 2. The monoisotopic (exact) mass is 678 g/mol. The van der Waals surface area contributed by atoms with Gasteiger partial charge in [-0.2, -0.15) is 0 Å². The zero-order chi connectivity index (χ0) is 32.7. The van der Waals surface area contributed by atoms with Crippen molar-refractivity contribution in [3.8, 4) is 0 Å². The first-order valence-electron chi connectivity index (χ1n) is 14.8. The fourth-order valence-electron chi connectivity index (χ4n) is 8.01. The number of hydrogen-bond donors (Lipinski definition) is 0. The van der Waals surface area contributed by atoms with Crippen LogP contribution < -0.4 is 0 Å². The number of hydrogen-bond acceptors (Lipinski definition) is 8. The van der Waals surface area contributed by atoms with Crippen LogP contribution in [0.1, 0.15) is 78.4 Å². The van der Waals surface area contributed by atoms with Crippen molar-refractivity contribution >= 4 is 81.7 Å². The van der Waals surface area contributed by atoms with Crippen LogP contribution in [-0.4, -0.2) is 75.2 Å². The standard InChI is InChI=1S/2C17H20O4S.Ca/c2*1-16(2)14-8-9-17(16,3)15(18)13(14)10-11-4-6-12(7-5-11)22(19,20)21;/h2*4-7,10,14H,8-9H2,1-3H3,(H,19,20,21);/q;;+2/p-2. The summed E-state index contributed by atoms with van der Waals surface area (Å²) in [5.41, 5.74) is 2.46. The summed E-state index contributed by atoms with van der Waals surface area (Å²) in [5.74, 6) is 0.893. The number of benzene rings is 2. The summed E-state index contributed by atoms with van der Waals surface area (Å²) in [4.78, 5) is 24.9. The molecule has 0 saturated heterocycles. The summed E-state index contributed by atoms with van der Waals surface area (Å²) in [6.07, 6.45) is 7.56. The smallest absolute Gasteiger partial charge is 0.744 e. The third-order valence-corrected chi connectivity index (χ3v) is 13.4. The molecule has 0 N–H and O–H groups in total. The number of rotatable bonds is 4. The van der Waals surface area contributed by atoms with Gasteiger partial charge in [0.05, 0.1) is 9.79 Å². The number of allylic oxidation sites excluding steroid dienone is 2. The molecule has 0 aliphatic heterocycles. The summed E-state index contributed by atoms with van der Waals surface area (Å²) in [6.45, 7) is 12.7. The number of carbonyl (C=O) groups is 2. The van der Waals surface area contributed by atoms with E-state index in [1.54, 1.807) is 24.3 Å². The number of ketones is 2. The molecule has 4 aliphatic carbocycles. The Morgan fingerprint density at radius 1 is 0.600 bits per heavy atom. The van der Waals surface area contributed by atoms with E-state index >= 15 is 0 Å². The molecule has 0 radical (unpaired) electrons. The molecule has 45 heavy (non-hydrogen) atoms. The minimum Gasteiger partial charge on any atom is -0.744 e. The maximum absolute atomic E-state index is 12.7. The summed E-state index contributed by atoms with van der Waals surface area (Å²) in [7, 11) is -8.86. The van der Waals surface area contributed by atoms with Gasteiger partial charge >= 0.3 is 37.7 Å². The van der Waals surface area contributed by atoms with Crippen LogP contribution in [-0.2, 0) is 29.8 Å². The number of fused-ring (bicyclic) bond motifs is 4. The molecule has 236 valence electrons. The van der Waals surface area contributed by atoms with E-state index in [4.69, 9.17) is 0 Å². The molecule has 0 aromatic heterocycles. The van der Waals surface area contributed by atoms with Gasteiger partial charge in [0.2, 0.25) is 0 Å². The SMILES string of the molecule is CC12CCC(C(=Cc3ccc(S(=O)(=O)[O-])cc3)C1=O)C2(C)C.CC12CCC(C(=Cc3ccc(S(=O)(=O)[O-])cc3)C1=O)C2(C)C.[Ca+2]. The Balaban J connectivity index is 0.000000200. The van der Waals surface area contributed by atoms with E-state index in [-0.39, 0.29) is 92.6 Å². The van der Waals surface area contributed by atoms with Gasteiger partial charge < -0.3 is 9.11 Å². The average molecular weight is 679 g/mol. The molecule has 4 bridgehead atoms. The van der Waals surface area contributed by atoms with E-state index in [0.29, 0.717) is 0 Å². The number of carbonyl (C=O) groups excluding carboxylic acids is 2. The van der Waals surface area contributed by atoms with E-state index in [1.807, 2.05) is 26.0 Å². The summed E-state index contributed by atoms with van der Waals surface area (Å²) in [6, 6.07) is 11.5. The van der Waals surface area contributed by atoms with Crippen LogP contribution in [0.25, 0.3) is 12.2 Å². The molecule has 2 aromatic rings. The average Bonchev–Trinajstić information content (AvgIpc) is 3.41. The second-order valence-electron chi connectivity index (χ2n) is 14.2. The van der Waals surface area contributed by atoms with Gasteiger partial charge in [-0.05, 0) is 107 Å². The van der Waals surface area contributed by atoms with Crippen LogP contribution in [0.3, 0.4) is 0 Å². The van der Waals surface area contributed by atoms with Crippen LogP contribution in [0, 0.1) is 33.5 Å². The topological polar surface area (TPSA) is 149 Å². The first-order valence-corrected chi connectivity index (χ1v) is 17.6. The van der Waals surface area contributed by atoms with Crippen LogP contribution in [0.5, 0.6) is 0 Å². The van der Waals surface area contributed by atoms with Crippen molar-refractivity contribution in [3.63, 3.8) is 0 Å². The van der Waals surface area contributed by atoms with Gasteiger partial charge in [0.15, 0.2) is 11.6 Å². The van der Waals surface area contributed by atoms with Crippen molar-refractivity contribution in [2.24, 2.45) is 33.5 Å². The van der Waals surface area contributed by atoms with Gasteiger partial charge in [0, 0.05) is 10.8 Å². The van der Waals surface area contributed by atoms with Crippen molar-refractivity contribution in [2.75, 3.05) is 0 Å². The molecule has 4 fully saturated rings.